The standard InChI is InChI=1S/C7H7NO4S/c8-6-3-4(13(11)12)1-2-5(6)7(9)10/h1-3H,8H2,(H,9,10)(H,11,12). The second-order valence-corrected chi connectivity index (χ2v) is 3.27. The fraction of sp³-hybridized carbons (Fsp3) is 0. The molecule has 70 valence electrons. The van der Waals surface area contributed by atoms with Crippen LogP contribution in [0.4, 0.5) is 5.69 Å². The van der Waals surface area contributed by atoms with Crippen LogP contribution < -0.4 is 5.73 Å². The molecule has 0 spiro atoms. The van der Waals surface area contributed by atoms with Gasteiger partial charge in [-0.2, -0.15) is 0 Å². The van der Waals surface area contributed by atoms with Gasteiger partial charge in [-0.3, -0.25) is 0 Å². The summed E-state index contributed by atoms with van der Waals surface area (Å²) in [6.07, 6.45) is 0. The first kappa shape index (κ1) is 9.69. The molecule has 0 aliphatic heterocycles. The van der Waals surface area contributed by atoms with Crippen LogP contribution in [-0.4, -0.2) is 19.8 Å². The van der Waals surface area contributed by atoms with Crippen LogP contribution in [0.5, 0.6) is 0 Å². The van der Waals surface area contributed by atoms with Gasteiger partial charge >= 0.3 is 5.97 Å². The van der Waals surface area contributed by atoms with Gasteiger partial charge < -0.3 is 15.4 Å². The first-order valence-corrected chi connectivity index (χ1v) is 4.36. The summed E-state index contributed by atoms with van der Waals surface area (Å²) >= 11 is -2.13. The smallest absolute Gasteiger partial charge is 0.337 e. The van der Waals surface area contributed by atoms with Crippen molar-refractivity contribution in [2.24, 2.45) is 0 Å². The van der Waals surface area contributed by atoms with Gasteiger partial charge in [-0.05, 0) is 18.2 Å². The van der Waals surface area contributed by atoms with Gasteiger partial charge in [0.05, 0.1) is 10.5 Å². The highest BCUT2D eigenvalue weighted by Gasteiger charge is 2.09. The third-order valence-electron chi connectivity index (χ3n) is 1.46. The Kier molecular flexibility index (Phi) is 2.64. The van der Waals surface area contributed by atoms with Gasteiger partial charge in [0.25, 0.3) is 0 Å². The maximum atomic E-state index is 10.5. The zero-order valence-corrected chi connectivity index (χ0v) is 7.25. The second kappa shape index (κ2) is 3.55. The molecule has 1 aromatic carbocycles. The Morgan fingerprint density at radius 3 is 2.46 bits per heavy atom. The van der Waals surface area contributed by atoms with Gasteiger partial charge in [0, 0.05) is 5.69 Å². The third kappa shape index (κ3) is 2.04. The Labute approximate surface area is 76.5 Å². The topological polar surface area (TPSA) is 101 Å². The number of nitrogen functional groups attached to an aromatic ring is 1. The van der Waals surface area contributed by atoms with Crippen LogP contribution in [0.15, 0.2) is 23.1 Å². The van der Waals surface area contributed by atoms with Crippen LogP contribution in [0, 0.1) is 0 Å². The molecule has 4 N–H and O–H groups in total. The SMILES string of the molecule is Nc1cc(S(=O)O)ccc1C(=O)O. The highest BCUT2D eigenvalue weighted by Crippen LogP contribution is 2.15. The number of carboxylic acids is 1. The third-order valence-corrected chi connectivity index (χ3v) is 2.11. The fourth-order valence-corrected chi connectivity index (χ4v) is 1.26. The number of benzene rings is 1. The number of carbonyl (C=O) groups is 1. The monoisotopic (exact) mass is 201 g/mol. The molecule has 1 rings (SSSR count). The van der Waals surface area contributed by atoms with Crippen LogP contribution in [-0.2, 0) is 11.1 Å². The number of aromatic carboxylic acids is 1. The molecule has 0 saturated heterocycles. The second-order valence-electron chi connectivity index (χ2n) is 2.30. The number of rotatable bonds is 2. The number of hydrogen-bond acceptors (Lipinski definition) is 3. The van der Waals surface area contributed by atoms with Crippen LogP contribution in [0.1, 0.15) is 10.4 Å². The summed E-state index contributed by atoms with van der Waals surface area (Å²) in [5.74, 6) is -1.16. The Morgan fingerprint density at radius 1 is 1.46 bits per heavy atom. The minimum absolute atomic E-state index is 0.0209. The van der Waals surface area contributed by atoms with E-state index in [4.69, 9.17) is 15.4 Å². The summed E-state index contributed by atoms with van der Waals surface area (Å²) in [5, 5.41) is 8.58. The molecule has 0 radical (unpaired) electrons. The van der Waals surface area contributed by atoms with Crippen molar-refractivity contribution >= 4 is 22.7 Å². The molecule has 1 aromatic rings. The van der Waals surface area contributed by atoms with Crippen LogP contribution in [0.2, 0.25) is 0 Å². The average molecular weight is 201 g/mol. The minimum Gasteiger partial charge on any atom is -0.478 e. The van der Waals surface area contributed by atoms with E-state index in [1.165, 1.54) is 18.2 Å². The summed E-state index contributed by atoms with van der Waals surface area (Å²) in [6.45, 7) is 0. The Bertz CT molecular complexity index is 377. The molecular weight excluding hydrogens is 194 g/mol. The first-order valence-electron chi connectivity index (χ1n) is 3.26. The lowest BCUT2D eigenvalue weighted by atomic mass is 10.2. The molecule has 0 fully saturated rings. The van der Waals surface area contributed by atoms with E-state index in [1.54, 1.807) is 0 Å². The predicted octanol–water partition coefficient (Wildman–Crippen LogP) is 0.548. The highest BCUT2D eigenvalue weighted by molar-refractivity contribution is 7.79. The van der Waals surface area contributed by atoms with Gasteiger partial charge in [0.15, 0.2) is 11.1 Å². The number of nitrogens with two attached hydrogens (primary N) is 1. The van der Waals surface area contributed by atoms with Crippen molar-refractivity contribution in [3.8, 4) is 0 Å². The molecule has 13 heavy (non-hydrogen) atoms. The van der Waals surface area contributed by atoms with E-state index in [2.05, 4.69) is 0 Å². The van der Waals surface area contributed by atoms with E-state index in [1.807, 2.05) is 0 Å². The molecule has 0 heterocycles. The maximum Gasteiger partial charge on any atom is 0.337 e. The predicted molar refractivity (Wildman–Crippen MR) is 46.9 cm³/mol. The van der Waals surface area contributed by atoms with Crippen molar-refractivity contribution in [1.29, 1.82) is 0 Å². The van der Waals surface area contributed by atoms with Crippen LogP contribution in [0.3, 0.4) is 0 Å². The van der Waals surface area contributed by atoms with Gasteiger partial charge in [-0.1, -0.05) is 0 Å². The molecule has 6 heteroatoms. The molecule has 0 aliphatic rings. The molecule has 0 saturated carbocycles. The van der Waals surface area contributed by atoms with E-state index in [-0.39, 0.29) is 16.1 Å². The van der Waals surface area contributed by atoms with Crippen molar-refractivity contribution in [2.45, 2.75) is 4.90 Å². The Balaban J connectivity index is 3.20. The zero-order valence-electron chi connectivity index (χ0n) is 6.43. The summed E-state index contributed by atoms with van der Waals surface area (Å²) < 4.78 is 19.2. The molecule has 0 aromatic heterocycles. The molecular formula is C7H7NO4S. The lowest BCUT2D eigenvalue weighted by Gasteiger charge is -2.01. The van der Waals surface area contributed by atoms with Crippen molar-refractivity contribution in [3.63, 3.8) is 0 Å². The quantitative estimate of drug-likeness (QED) is 0.479. The lowest BCUT2D eigenvalue weighted by molar-refractivity contribution is 0.0698. The minimum atomic E-state index is -2.13. The van der Waals surface area contributed by atoms with Crippen LogP contribution >= 0.6 is 0 Å². The normalized spacial score (nSPS) is 12.4. The number of anilines is 1. The molecule has 5 nitrogen and oxygen atoms in total. The molecule has 1 unspecified atom stereocenters. The summed E-state index contributed by atoms with van der Waals surface area (Å²) in [4.78, 5) is 10.6. The van der Waals surface area contributed by atoms with E-state index >= 15 is 0 Å². The zero-order chi connectivity index (χ0) is 10.0. The summed E-state index contributed by atoms with van der Waals surface area (Å²) in [7, 11) is 0. The van der Waals surface area contributed by atoms with Gasteiger partial charge in [0.2, 0.25) is 0 Å². The fourth-order valence-electron chi connectivity index (χ4n) is 0.844. The number of hydrogen-bond donors (Lipinski definition) is 3. The van der Waals surface area contributed by atoms with E-state index < -0.39 is 17.0 Å². The van der Waals surface area contributed by atoms with Gasteiger partial charge in [0.1, 0.15) is 0 Å². The van der Waals surface area contributed by atoms with Crippen molar-refractivity contribution in [2.75, 3.05) is 5.73 Å². The largest absolute Gasteiger partial charge is 0.478 e. The number of carboxylic acid groups (broad SMARTS) is 1. The molecule has 0 bridgehead atoms. The highest BCUT2D eigenvalue weighted by atomic mass is 32.2. The van der Waals surface area contributed by atoms with Crippen molar-refractivity contribution in [3.05, 3.63) is 23.8 Å². The molecule has 0 aliphatic carbocycles. The summed E-state index contributed by atoms with van der Waals surface area (Å²) in [5.41, 5.74) is 5.24. The van der Waals surface area contributed by atoms with Gasteiger partial charge in [-0.15, -0.1) is 0 Å². The Morgan fingerprint density at radius 2 is 2.08 bits per heavy atom. The van der Waals surface area contributed by atoms with Gasteiger partial charge in [-0.25, -0.2) is 9.00 Å². The first-order chi connectivity index (χ1) is 6.02. The van der Waals surface area contributed by atoms with Crippen molar-refractivity contribution in [1.82, 2.24) is 0 Å². The van der Waals surface area contributed by atoms with Crippen LogP contribution in [0.25, 0.3) is 0 Å². The van der Waals surface area contributed by atoms with Crippen molar-refractivity contribution < 1.29 is 18.7 Å². The average Bonchev–Trinajstić information content (AvgIpc) is 2.03. The lowest BCUT2D eigenvalue weighted by Crippen LogP contribution is -2.03. The van der Waals surface area contributed by atoms with E-state index in [0.717, 1.165) is 0 Å². The molecule has 0 amide bonds. The Hall–Kier alpha value is -1.40. The van der Waals surface area contributed by atoms with E-state index in [0.29, 0.717) is 0 Å². The summed E-state index contributed by atoms with van der Waals surface area (Å²) in [6, 6.07) is 3.61. The molecule has 1 atom stereocenters. The maximum absolute atomic E-state index is 10.5. The van der Waals surface area contributed by atoms with E-state index in [9.17, 15) is 9.00 Å².